The van der Waals surface area contributed by atoms with Crippen LogP contribution in [0.1, 0.15) is 64.8 Å². The fourth-order valence-corrected chi connectivity index (χ4v) is 4.94. The van der Waals surface area contributed by atoms with Crippen molar-refractivity contribution in [3.05, 3.63) is 34.9 Å². The summed E-state index contributed by atoms with van der Waals surface area (Å²) < 4.78 is 0. The summed E-state index contributed by atoms with van der Waals surface area (Å²) in [5, 5.41) is 9.42. The van der Waals surface area contributed by atoms with Crippen molar-refractivity contribution in [3.8, 4) is 0 Å². The van der Waals surface area contributed by atoms with Crippen molar-refractivity contribution in [2.75, 3.05) is 6.54 Å². The summed E-state index contributed by atoms with van der Waals surface area (Å²) in [6.07, 6.45) is 4.84. The molecule has 0 bridgehead atoms. The summed E-state index contributed by atoms with van der Waals surface area (Å²) in [5.74, 6) is -1.86. The number of carbonyl (C=O) groups excluding carboxylic acids is 4. The van der Waals surface area contributed by atoms with Gasteiger partial charge in [0.25, 0.3) is 11.8 Å². The molecule has 3 aliphatic heterocycles. The van der Waals surface area contributed by atoms with Crippen molar-refractivity contribution in [2.24, 2.45) is 0 Å². The molecule has 0 aromatic heterocycles. The van der Waals surface area contributed by atoms with E-state index in [0.717, 1.165) is 36.3 Å². The first-order chi connectivity index (χ1) is 14.0. The van der Waals surface area contributed by atoms with Crippen molar-refractivity contribution in [3.63, 3.8) is 0 Å². The molecule has 2 atom stereocenters. The van der Waals surface area contributed by atoms with Crippen molar-refractivity contribution < 1.29 is 19.2 Å². The molecular formula is C21H24N4O4. The number of rotatable bonds is 5. The van der Waals surface area contributed by atoms with Gasteiger partial charge in [-0.05, 0) is 50.3 Å². The largest absolute Gasteiger partial charge is 0.312 e. The summed E-state index contributed by atoms with van der Waals surface area (Å²) in [6, 6.07) is 4.80. The summed E-state index contributed by atoms with van der Waals surface area (Å²) >= 11 is 0. The van der Waals surface area contributed by atoms with Gasteiger partial charge in [-0.2, -0.15) is 0 Å². The molecule has 1 aromatic rings. The Balaban J connectivity index is 1.38. The molecule has 29 heavy (non-hydrogen) atoms. The quantitative estimate of drug-likeness (QED) is 0.625. The van der Waals surface area contributed by atoms with Gasteiger partial charge in [0.05, 0.1) is 11.1 Å². The first-order valence-electron chi connectivity index (χ1n) is 10.3. The number of benzene rings is 1. The maximum absolute atomic E-state index is 13.2. The molecule has 2 unspecified atom stereocenters. The third kappa shape index (κ3) is 2.98. The van der Waals surface area contributed by atoms with Gasteiger partial charge in [0.15, 0.2) is 0 Å². The van der Waals surface area contributed by atoms with Crippen molar-refractivity contribution in [1.82, 2.24) is 20.9 Å². The molecule has 1 aliphatic carbocycles. The molecule has 0 radical (unpaired) electrons. The number of hydrogen-bond acceptors (Lipinski definition) is 6. The Morgan fingerprint density at radius 1 is 1.10 bits per heavy atom. The SMILES string of the molecule is O=C1CCC(N2C(=O)c3cccc(CNC4(C5CCCN5)CC4)c3C2=O)C(=O)N1. The van der Waals surface area contributed by atoms with Crippen LogP contribution in [0.3, 0.4) is 0 Å². The van der Waals surface area contributed by atoms with Gasteiger partial charge in [0, 0.05) is 24.5 Å². The molecular weight excluding hydrogens is 372 g/mol. The number of piperidine rings is 1. The van der Waals surface area contributed by atoms with Gasteiger partial charge in [0.1, 0.15) is 6.04 Å². The van der Waals surface area contributed by atoms with Crippen LogP contribution in [0.4, 0.5) is 0 Å². The number of nitrogens with one attached hydrogen (secondary N) is 3. The average Bonchev–Trinajstić information content (AvgIpc) is 3.19. The van der Waals surface area contributed by atoms with Crippen LogP contribution in [0.2, 0.25) is 0 Å². The minimum atomic E-state index is -0.932. The van der Waals surface area contributed by atoms with Crippen LogP contribution in [0, 0.1) is 0 Å². The van der Waals surface area contributed by atoms with Crippen LogP contribution < -0.4 is 16.0 Å². The smallest absolute Gasteiger partial charge is 0.262 e. The molecule has 8 nitrogen and oxygen atoms in total. The number of imide groups is 2. The second-order valence-corrected chi connectivity index (χ2v) is 8.45. The van der Waals surface area contributed by atoms with Crippen molar-refractivity contribution >= 4 is 23.6 Å². The minimum absolute atomic E-state index is 0.0776. The monoisotopic (exact) mass is 396 g/mol. The molecule has 4 aliphatic rings. The molecule has 8 heteroatoms. The Hall–Kier alpha value is -2.58. The van der Waals surface area contributed by atoms with Crippen molar-refractivity contribution in [2.45, 2.75) is 62.7 Å². The molecule has 5 rings (SSSR count). The van der Waals surface area contributed by atoms with Gasteiger partial charge >= 0.3 is 0 Å². The second kappa shape index (κ2) is 6.74. The van der Waals surface area contributed by atoms with Gasteiger partial charge < -0.3 is 10.6 Å². The summed E-state index contributed by atoms with van der Waals surface area (Å²) in [6.45, 7) is 1.55. The lowest BCUT2D eigenvalue weighted by Gasteiger charge is -2.28. The summed E-state index contributed by atoms with van der Waals surface area (Å²) in [5.41, 5.74) is 1.57. The van der Waals surface area contributed by atoms with E-state index in [-0.39, 0.29) is 24.3 Å². The van der Waals surface area contributed by atoms with Gasteiger partial charge in [-0.1, -0.05) is 12.1 Å². The first kappa shape index (κ1) is 18.4. The lowest BCUT2D eigenvalue weighted by atomic mass is 10.0. The lowest BCUT2D eigenvalue weighted by Crippen LogP contribution is -2.54. The van der Waals surface area contributed by atoms with E-state index < -0.39 is 23.8 Å². The molecule has 2 saturated heterocycles. The maximum Gasteiger partial charge on any atom is 0.262 e. The molecule has 1 saturated carbocycles. The topological polar surface area (TPSA) is 108 Å². The zero-order valence-electron chi connectivity index (χ0n) is 16.1. The molecule has 0 spiro atoms. The van der Waals surface area contributed by atoms with Crippen LogP contribution in [0.15, 0.2) is 18.2 Å². The normalized spacial score (nSPS) is 27.9. The van der Waals surface area contributed by atoms with Crippen LogP contribution in [0.5, 0.6) is 0 Å². The average molecular weight is 396 g/mol. The Kier molecular flexibility index (Phi) is 4.29. The van der Waals surface area contributed by atoms with E-state index in [0.29, 0.717) is 23.7 Å². The summed E-state index contributed by atoms with van der Waals surface area (Å²) in [4.78, 5) is 50.8. The van der Waals surface area contributed by atoms with Crippen LogP contribution >= 0.6 is 0 Å². The molecule has 1 aromatic carbocycles. The minimum Gasteiger partial charge on any atom is -0.312 e. The number of fused-ring (bicyclic) bond motifs is 1. The highest BCUT2D eigenvalue weighted by Crippen LogP contribution is 2.42. The fraction of sp³-hybridized carbons (Fsp3) is 0.524. The van der Waals surface area contributed by atoms with Crippen LogP contribution in [-0.4, -0.2) is 52.7 Å². The van der Waals surface area contributed by atoms with Gasteiger partial charge in [0.2, 0.25) is 11.8 Å². The van der Waals surface area contributed by atoms with E-state index in [1.807, 2.05) is 6.07 Å². The number of amides is 4. The second-order valence-electron chi connectivity index (χ2n) is 8.45. The van der Waals surface area contributed by atoms with E-state index in [4.69, 9.17) is 0 Å². The van der Waals surface area contributed by atoms with E-state index in [1.54, 1.807) is 12.1 Å². The number of carbonyl (C=O) groups is 4. The van der Waals surface area contributed by atoms with Gasteiger partial charge in [-0.25, -0.2) is 0 Å². The zero-order chi connectivity index (χ0) is 20.2. The van der Waals surface area contributed by atoms with Gasteiger partial charge in [-0.3, -0.25) is 29.4 Å². The zero-order valence-corrected chi connectivity index (χ0v) is 16.1. The maximum atomic E-state index is 13.2. The van der Waals surface area contributed by atoms with E-state index in [1.165, 1.54) is 6.42 Å². The standard InChI is InChI=1S/C21H24N4O4/c26-16-7-6-14(18(27)24-16)25-19(28)13-4-1-3-12(17(13)20(25)29)11-23-21(8-9-21)15-5-2-10-22-15/h1,3-4,14-15,22-23H,2,5-11H2,(H,24,26,27). The van der Waals surface area contributed by atoms with Crippen LogP contribution in [-0.2, 0) is 16.1 Å². The Morgan fingerprint density at radius 3 is 2.62 bits per heavy atom. The fourth-order valence-electron chi connectivity index (χ4n) is 4.94. The summed E-state index contributed by atoms with van der Waals surface area (Å²) in [7, 11) is 0. The first-order valence-corrected chi connectivity index (χ1v) is 10.3. The third-order valence-electron chi connectivity index (χ3n) is 6.70. The highest BCUT2D eigenvalue weighted by Gasteiger charge is 2.50. The van der Waals surface area contributed by atoms with Gasteiger partial charge in [-0.15, -0.1) is 0 Å². The molecule has 4 amide bonds. The third-order valence-corrected chi connectivity index (χ3v) is 6.70. The number of nitrogens with zero attached hydrogens (tertiary/aromatic N) is 1. The van der Waals surface area contributed by atoms with Crippen molar-refractivity contribution in [1.29, 1.82) is 0 Å². The Labute approximate surface area is 168 Å². The highest BCUT2D eigenvalue weighted by molar-refractivity contribution is 6.24. The van der Waals surface area contributed by atoms with E-state index in [2.05, 4.69) is 16.0 Å². The molecule has 3 heterocycles. The lowest BCUT2D eigenvalue weighted by molar-refractivity contribution is -0.136. The predicted octanol–water partition coefficient (Wildman–Crippen LogP) is 0.462. The Morgan fingerprint density at radius 2 is 1.93 bits per heavy atom. The highest BCUT2D eigenvalue weighted by atomic mass is 16.2. The number of hydrogen-bond donors (Lipinski definition) is 3. The van der Waals surface area contributed by atoms with E-state index in [9.17, 15) is 19.2 Å². The predicted molar refractivity (Wildman–Crippen MR) is 103 cm³/mol. The Bertz CT molecular complexity index is 917. The van der Waals surface area contributed by atoms with E-state index >= 15 is 0 Å². The molecule has 3 fully saturated rings. The molecule has 3 N–H and O–H groups in total. The molecule has 152 valence electrons. The van der Waals surface area contributed by atoms with Crippen LogP contribution in [0.25, 0.3) is 0 Å².